The van der Waals surface area contributed by atoms with Gasteiger partial charge in [0.15, 0.2) is 5.76 Å². The third-order valence-corrected chi connectivity index (χ3v) is 4.83. The van der Waals surface area contributed by atoms with Crippen molar-refractivity contribution in [3.8, 4) is 0 Å². The molecule has 1 aromatic heterocycles. The summed E-state index contributed by atoms with van der Waals surface area (Å²) in [5.41, 5.74) is -0.194. The van der Waals surface area contributed by atoms with Crippen molar-refractivity contribution in [1.82, 2.24) is 15.1 Å². The van der Waals surface area contributed by atoms with E-state index >= 15 is 0 Å². The smallest absolute Gasteiger partial charge is 0.289 e. The Balaban J connectivity index is 1.88. The molecule has 6 heteroatoms. The average Bonchev–Trinajstić information content (AvgIpc) is 2.99. The van der Waals surface area contributed by atoms with Crippen LogP contribution in [0.5, 0.6) is 0 Å². The van der Waals surface area contributed by atoms with Crippen LogP contribution in [0.3, 0.4) is 0 Å². The lowest BCUT2D eigenvalue weighted by Gasteiger charge is -2.38. The first-order valence-electron chi connectivity index (χ1n) is 8.65. The highest BCUT2D eigenvalue weighted by Gasteiger charge is 2.30. The monoisotopic (exact) mass is 335 g/mol. The largest absolute Gasteiger partial charge is 0.456 e. The quantitative estimate of drug-likeness (QED) is 0.894. The van der Waals surface area contributed by atoms with Crippen LogP contribution in [0.25, 0.3) is 0 Å². The number of amides is 2. The first-order valence-corrected chi connectivity index (χ1v) is 8.65. The zero-order chi connectivity index (χ0) is 17.9. The molecule has 2 rings (SSSR count). The number of hydrogen-bond acceptors (Lipinski definition) is 4. The predicted molar refractivity (Wildman–Crippen MR) is 92.9 cm³/mol. The van der Waals surface area contributed by atoms with Gasteiger partial charge in [0.2, 0.25) is 5.91 Å². The van der Waals surface area contributed by atoms with Crippen LogP contribution in [0.1, 0.15) is 50.4 Å². The molecule has 1 aromatic rings. The molecule has 1 saturated heterocycles. The van der Waals surface area contributed by atoms with Gasteiger partial charge in [-0.1, -0.05) is 6.92 Å². The van der Waals surface area contributed by atoms with E-state index in [1.165, 1.54) is 0 Å². The normalized spacial score (nSPS) is 17.6. The van der Waals surface area contributed by atoms with Crippen LogP contribution in [0.15, 0.2) is 16.5 Å². The molecular weight excluding hydrogens is 306 g/mol. The van der Waals surface area contributed by atoms with Gasteiger partial charge in [-0.3, -0.25) is 14.5 Å². The highest BCUT2D eigenvalue weighted by molar-refractivity contribution is 5.91. The number of nitrogens with zero attached hydrogens (tertiary/aromatic N) is 2. The van der Waals surface area contributed by atoms with Crippen LogP contribution < -0.4 is 5.32 Å². The van der Waals surface area contributed by atoms with Crippen molar-refractivity contribution in [1.29, 1.82) is 0 Å². The number of aryl methyl sites for hydroxylation is 1. The van der Waals surface area contributed by atoms with Gasteiger partial charge in [0.25, 0.3) is 5.91 Å². The van der Waals surface area contributed by atoms with E-state index in [2.05, 4.69) is 17.1 Å². The van der Waals surface area contributed by atoms with Crippen LogP contribution in [-0.2, 0) is 4.79 Å². The highest BCUT2D eigenvalue weighted by Crippen LogP contribution is 2.14. The molecule has 2 amide bonds. The summed E-state index contributed by atoms with van der Waals surface area (Å²) in [4.78, 5) is 28.7. The second-order valence-electron chi connectivity index (χ2n) is 7.14. The fourth-order valence-electron chi connectivity index (χ4n) is 2.71. The molecule has 1 N–H and O–H groups in total. The van der Waals surface area contributed by atoms with E-state index < -0.39 is 0 Å². The van der Waals surface area contributed by atoms with Gasteiger partial charge >= 0.3 is 0 Å². The maximum absolute atomic E-state index is 12.4. The van der Waals surface area contributed by atoms with Crippen molar-refractivity contribution in [3.05, 3.63) is 23.7 Å². The lowest BCUT2D eigenvalue weighted by atomic mass is 10.0. The van der Waals surface area contributed by atoms with Gasteiger partial charge in [0, 0.05) is 31.7 Å². The van der Waals surface area contributed by atoms with Crippen molar-refractivity contribution in [2.75, 3.05) is 26.2 Å². The molecule has 0 spiro atoms. The fourth-order valence-corrected chi connectivity index (χ4v) is 2.71. The predicted octanol–water partition coefficient (Wildman–Crippen LogP) is 2.04. The molecule has 1 atom stereocenters. The zero-order valence-electron chi connectivity index (χ0n) is 15.4. The van der Waals surface area contributed by atoms with Crippen LogP contribution in [-0.4, -0.2) is 59.4 Å². The van der Waals surface area contributed by atoms with E-state index in [4.69, 9.17) is 4.42 Å². The Morgan fingerprint density at radius 2 is 1.88 bits per heavy atom. The summed E-state index contributed by atoms with van der Waals surface area (Å²) >= 11 is 0. The molecule has 6 nitrogen and oxygen atoms in total. The maximum atomic E-state index is 12.4. The molecule has 134 valence electrons. The third kappa shape index (κ3) is 4.38. The first kappa shape index (κ1) is 18.5. The molecule has 1 aliphatic rings. The summed E-state index contributed by atoms with van der Waals surface area (Å²) in [5, 5.41) is 3.09. The summed E-state index contributed by atoms with van der Waals surface area (Å²) in [6.07, 6.45) is 0.885. The Morgan fingerprint density at radius 1 is 1.25 bits per heavy atom. The van der Waals surface area contributed by atoms with E-state index in [1.54, 1.807) is 17.0 Å². The second kappa shape index (κ2) is 7.38. The standard InChI is InChI=1S/C18H29N3O3/c1-6-18(4,5)19-16(22)14(3)20-9-11-21(12-10-20)17(23)15-8-7-13(2)24-15/h7-8,14H,6,9-12H2,1-5H3,(H,19,22)/t14-/m1/s1. The van der Waals surface area contributed by atoms with Crippen LogP contribution in [0.2, 0.25) is 0 Å². The number of carbonyl (C=O) groups is 2. The van der Waals surface area contributed by atoms with Crippen LogP contribution in [0, 0.1) is 6.92 Å². The van der Waals surface area contributed by atoms with Crippen molar-refractivity contribution >= 4 is 11.8 Å². The minimum absolute atomic E-state index is 0.0447. The van der Waals surface area contributed by atoms with E-state index in [9.17, 15) is 9.59 Å². The zero-order valence-corrected chi connectivity index (χ0v) is 15.4. The first-order chi connectivity index (χ1) is 11.2. The van der Waals surface area contributed by atoms with E-state index in [1.807, 2.05) is 27.7 Å². The topological polar surface area (TPSA) is 65.8 Å². The van der Waals surface area contributed by atoms with Crippen molar-refractivity contribution < 1.29 is 14.0 Å². The van der Waals surface area contributed by atoms with Gasteiger partial charge in [-0.15, -0.1) is 0 Å². The second-order valence-corrected chi connectivity index (χ2v) is 7.14. The van der Waals surface area contributed by atoms with Crippen molar-refractivity contribution in [3.63, 3.8) is 0 Å². The lowest BCUT2D eigenvalue weighted by Crippen LogP contribution is -2.57. The Hall–Kier alpha value is -1.82. The maximum Gasteiger partial charge on any atom is 0.289 e. The van der Waals surface area contributed by atoms with Gasteiger partial charge < -0.3 is 14.6 Å². The SMILES string of the molecule is CCC(C)(C)NC(=O)[C@@H](C)N1CCN(C(=O)c2ccc(C)o2)CC1. The molecule has 1 fully saturated rings. The number of nitrogens with one attached hydrogen (secondary N) is 1. The molecule has 2 heterocycles. The van der Waals surface area contributed by atoms with Gasteiger partial charge in [-0.05, 0) is 46.2 Å². The average molecular weight is 335 g/mol. The van der Waals surface area contributed by atoms with Gasteiger partial charge in [-0.2, -0.15) is 0 Å². The van der Waals surface area contributed by atoms with E-state index in [0.717, 1.165) is 12.2 Å². The molecule has 0 unspecified atom stereocenters. The van der Waals surface area contributed by atoms with Gasteiger partial charge in [0.05, 0.1) is 6.04 Å². The number of carbonyl (C=O) groups excluding carboxylic acids is 2. The molecule has 0 saturated carbocycles. The molecular formula is C18H29N3O3. The number of rotatable bonds is 5. The number of hydrogen-bond donors (Lipinski definition) is 1. The van der Waals surface area contributed by atoms with Gasteiger partial charge in [-0.25, -0.2) is 0 Å². The summed E-state index contributed by atoms with van der Waals surface area (Å²) in [6.45, 7) is 12.5. The number of piperazine rings is 1. The number of furan rings is 1. The minimum Gasteiger partial charge on any atom is -0.456 e. The van der Waals surface area contributed by atoms with E-state index in [-0.39, 0.29) is 23.4 Å². The minimum atomic E-state index is -0.195. The summed E-state index contributed by atoms with van der Waals surface area (Å²) in [7, 11) is 0. The third-order valence-electron chi connectivity index (χ3n) is 4.83. The Labute approximate surface area is 144 Å². The van der Waals surface area contributed by atoms with Crippen LogP contribution in [0.4, 0.5) is 0 Å². The van der Waals surface area contributed by atoms with Crippen molar-refractivity contribution in [2.24, 2.45) is 0 Å². The summed E-state index contributed by atoms with van der Waals surface area (Å²) < 4.78 is 5.41. The summed E-state index contributed by atoms with van der Waals surface area (Å²) in [5.74, 6) is 1.09. The molecule has 1 aliphatic heterocycles. The highest BCUT2D eigenvalue weighted by atomic mass is 16.3. The summed E-state index contributed by atoms with van der Waals surface area (Å²) in [6, 6.07) is 3.32. The Bertz CT molecular complexity index is 586. The van der Waals surface area contributed by atoms with Crippen molar-refractivity contribution in [2.45, 2.75) is 52.6 Å². The molecule has 0 bridgehead atoms. The fraction of sp³-hybridized carbons (Fsp3) is 0.667. The molecule has 24 heavy (non-hydrogen) atoms. The lowest BCUT2D eigenvalue weighted by molar-refractivity contribution is -0.128. The Morgan fingerprint density at radius 3 is 2.38 bits per heavy atom. The Kier molecular flexibility index (Phi) is 5.70. The molecule has 0 aliphatic carbocycles. The molecule has 0 aromatic carbocycles. The van der Waals surface area contributed by atoms with E-state index in [0.29, 0.717) is 31.9 Å². The van der Waals surface area contributed by atoms with Crippen LogP contribution >= 0.6 is 0 Å². The molecule has 0 radical (unpaired) electrons. The van der Waals surface area contributed by atoms with Gasteiger partial charge in [0.1, 0.15) is 5.76 Å².